The largest absolute Gasteiger partial charge is 0.465 e. The molecule has 3 aromatic rings. The van der Waals surface area contributed by atoms with Crippen molar-refractivity contribution >= 4 is 58.0 Å². The average molecular weight is 670 g/mol. The molecular formula is C33H31Cl2FN4O6. The molecule has 1 N–H and O–H groups in total. The van der Waals surface area contributed by atoms with Gasteiger partial charge in [-0.2, -0.15) is 0 Å². The zero-order valence-corrected chi connectivity index (χ0v) is 26.6. The Hall–Kier alpha value is -4.06. The molecule has 3 aromatic carbocycles. The Labute approximate surface area is 274 Å². The van der Waals surface area contributed by atoms with Crippen LogP contribution in [0.15, 0.2) is 60.7 Å². The number of carbonyl (C=O) groups excluding carboxylic acids is 3. The quantitative estimate of drug-likeness (QED) is 0.166. The van der Waals surface area contributed by atoms with Crippen LogP contribution < -0.4 is 10.2 Å². The number of nitrogens with zero attached hydrogens (tertiary/aromatic N) is 3. The van der Waals surface area contributed by atoms with Crippen LogP contribution >= 0.6 is 23.2 Å². The third-order valence-corrected chi connectivity index (χ3v) is 10.00. The van der Waals surface area contributed by atoms with Crippen LogP contribution in [-0.2, 0) is 14.3 Å². The number of carbonyl (C=O) groups is 3. The van der Waals surface area contributed by atoms with Gasteiger partial charge in [0.1, 0.15) is 17.0 Å². The summed E-state index contributed by atoms with van der Waals surface area (Å²) in [7, 11) is 1.17. The number of esters is 1. The van der Waals surface area contributed by atoms with Gasteiger partial charge in [0.05, 0.1) is 28.5 Å². The molecule has 6 rings (SSSR count). The summed E-state index contributed by atoms with van der Waals surface area (Å²) in [5.74, 6) is -4.10. The summed E-state index contributed by atoms with van der Waals surface area (Å²) in [5.41, 5.74) is -1.37. The number of halogens is 3. The number of ether oxygens (including phenoxy) is 1. The Morgan fingerprint density at radius 1 is 1.11 bits per heavy atom. The minimum atomic E-state index is -1.43. The predicted octanol–water partition coefficient (Wildman–Crippen LogP) is 6.46. The summed E-state index contributed by atoms with van der Waals surface area (Å²) in [6.07, 6.45) is 2.29. The van der Waals surface area contributed by atoms with Gasteiger partial charge in [-0.05, 0) is 74.1 Å². The summed E-state index contributed by atoms with van der Waals surface area (Å²) in [5, 5.41) is 15.4. The Balaban J connectivity index is 1.49. The lowest BCUT2D eigenvalue weighted by Gasteiger charge is -2.40. The van der Waals surface area contributed by atoms with Crippen molar-refractivity contribution in [3.63, 3.8) is 0 Å². The molecule has 2 amide bonds. The maximum absolute atomic E-state index is 16.0. The van der Waals surface area contributed by atoms with Gasteiger partial charge in [0.25, 0.3) is 5.69 Å². The molecule has 0 spiro atoms. The number of piperidine rings is 1. The Morgan fingerprint density at radius 3 is 2.52 bits per heavy atom. The molecule has 0 bridgehead atoms. The van der Waals surface area contributed by atoms with E-state index in [9.17, 15) is 24.5 Å². The summed E-state index contributed by atoms with van der Waals surface area (Å²) in [6.45, 7) is 2.35. The highest BCUT2D eigenvalue weighted by atomic mass is 35.5. The number of methoxy groups -OCH3 is 1. The van der Waals surface area contributed by atoms with Crippen molar-refractivity contribution < 1.29 is 28.4 Å². The summed E-state index contributed by atoms with van der Waals surface area (Å²) >= 11 is 12.5. The second-order valence-corrected chi connectivity index (χ2v) is 13.0. The van der Waals surface area contributed by atoms with Crippen LogP contribution in [0.3, 0.4) is 0 Å². The third-order valence-electron chi connectivity index (χ3n) is 9.47. The molecule has 13 heteroatoms. The highest BCUT2D eigenvalue weighted by Crippen LogP contribution is 2.55. The number of hydrogen-bond donors (Lipinski definition) is 1. The number of nitrogens with one attached hydrogen (secondary N) is 1. The number of amides is 2. The first-order valence-electron chi connectivity index (χ1n) is 14.9. The lowest BCUT2D eigenvalue weighted by atomic mass is 9.72. The van der Waals surface area contributed by atoms with Crippen LogP contribution in [0.4, 0.5) is 21.5 Å². The molecule has 4 atom stereocenters. The van der Waals surface area contributed by atoms with Gasteiger partial charge in [-0.25, -0.2) is 9.18 Å². The average Bonchev–Trinajstić information content (AvgIpc) is 3.82. The van der Waals surface area contributed by atoms with E-state index in [-0.39, 0.29) is 28.4 Å². The van der Waals surface area contributed by atoms with E-state index in [1.807, 2.05) is 4.90 Å². The van der Waals surface area contributed by atoms with E-state index in [0.29, 0.717) is 29.6 Å². The minimum Gasteiger partial charge on any atom is -0.465 e. The van der Waals surface area contributed by atoms with Crippen molar-refractivity contribution in [3.05, 3.63) is 97.8 Å². The summed E-state index contributed by atoms with van der Waals surface area (Å²) in [6, 6.07) is 14.5. The molecule has 46 heavy (non-hydrogen) atoms. The molecule has 0 aromatic heterocycles. The van der Waals surface area contributed by atoms with Crippen molar-refractivity contribution in [2.24, 2.45) is 11.8 Å². The summed E-state index contributed by atoms with van der Waals surface area (Å²) < 4.78 is 20.7. The Morgan fingerprint density at radius 2 is 1.85 bits per heavy atom. The SMILES string of the molecule is COC(=O)c1ccc(N2CC[C@H]3[C@@H](C2=O)[C@H](c2cccc(Cl)c2F)[C@](C)(C(=O)Nc2cccc(Cl)c2)N3CC2CC2)c([N+](=O)[O-])c1. The topological polar surface area (TPSA) is 122 Å². The molecule has 3 aliphatic rings. The van der Waals surface area contributed by atoms with E-state index in [4.69, 9.17) is 27.9 Å². The van der Waals surface area contributed by atoms with Crippen LogP contribution in [0, 0.1) is 27.8 Å². The van der Waals surface area contributed by atoms with Crippen molar-refractivity contribution in [3.8, 4) is 0 Å². The maximum atomic E-state index is 16.0. The highest BCUT2D eigenvalue weighted by molar-refractivity contribution is 6.31. The van der Waals surface area contributed by atoms with E-state index in [2.05, 4.69) is 5.32 Å². The van der Waals surface area contributed by atoms with Crippen LogP contribution in [0.1, 0.15) is 48.0 Å². The van der Waals surface area contributed by atoms with Gasteiger partial charge in [-0.15, -0.1) is 0 Å². The van der Waals surface area contributed by atoms with Crippen molar-refractivity contribution in [2.75, 3.05) is 30.4 Å². The minimum absolute atomic E-state index is 0.00264. The molecule has 240 valence electrons. The molecular weight excluding hydrogens is 638 g/mol. The molecule has 2 aliphatic heterocycles. The number of rotatable bonds is 8. The van der Waals surface area contributed by atoms with Crippen molar-refractivity contribution in [1.29, 1.82) is 0 Å². The van der Waals surface area contributed by atoms with Crippen molar-refractivity contribution in [1.82, 2.24) is 4.90 Å². The van der Waals surface area contributed by atoms with E-state index >= 15 is 4.39 Å². The molecule has 2 heterocycles. The van der Waals surface area contributed by atoms with Crippen LogP contribution in [0.5, 0.6) is 0 Å². The van der Waals surface area contributed by atoms with E-state index in [0.717, 1.165) is 18.9 Å². The lowest BCUT2D eigenvalue weighted by molar-refractivity contribution is -0.384. The predicted molar refractivity (Wildman–Crippen MR) is 171 cm³/mol. The van der Waals surface area contributed by atoms with Gasteiger partial charge in [-0.1, -0.05) is 41.4 Å². The zero-order valence-electron chi connectivity index (χ0n) is 25.0. The first-order chi connectivity index (χ1) is 21.9. The summed E-state index contributed by atoms with van der Waals surface area (Å²) in [4.78, 5) is 56.2. The molecule has 0 unspecified atom stereocenters. The van der Waals surface area contributed by atoms with Gasteiger partial charge in [0, 0.05) is 41.8 Å². The number of benzene rings is 3. The Bertz CT molecular complexity index is 1750. The van der Waals surface area contributed by atoms with Gasteiger partial charge in [0.2, 0.25) is 11.8 Å². The molecule has 10 nitrogen and oxygen atoms in total. The number of nitro groups is 1. The number of anilines is 2. The number of likely N-dealkylation sites (tertiary alicyclic amines) is 1. The fourth-order valence-corrected chi connectivity index (χ4v) is 7.49. The second kappa shape index (κ2) is 12.3. The zero-order chi connectivity index (χ0) is 32.9. The molecule has 3 fully saturated rings. The molecule has 1 aliphatic carbocycles. The number of nitro benzene ring substituents is 1. The number of hydrogen-bond acceptors (Lipinski definition) is 7. The molecule has 0 radical (unpaired) electrons. The van der Waals surface area contributed by atoms with Gasteiger partial charge in [-0.3, -0.25) is 24.6 Å². The highest BCUT2D eigenvalue weighted by Gasteiger charge is 2.65. The fourth-order valence-electron chi connectivity index (χ4n) is 7.12. The van der Waals surface area contributed by atoms with Crippen LogP contribution in [0.2, 0.25) is 10.0 Å². The monoisotopic (exact) mass is 668 g/mol. The van der Waals surface area contributed by atoms with E-state index in [1.165, 1.54) is 36.3 Å². The maximum Gasteiger partial charge on any atom is 0.338 e. The van der Waals surface area contributed by atoms with E-state index < -0.39 is 57.6 Å². The second-order valence-electron chi connectivity index (χ2n) is 12.2. The normalized spacial score (nSPS) is 24.4. The van der Waals surface area contributed by atoms with Crippen LogP contribution in [0.25, 0.3) is 0 Å². The van der Waals surface area contributed by atoms with Gasteiger partial charge < -0.3 is 15.0 Å². The van der Waals surface area contributed by atoms with Crippen molar-refractivity contribution in [2.45, 2.75) is 43.7 Å². The van der Waals surface area contributed by atoms with Crippen LogP contribution in [-0.4, -0.2) is 59.4 Å². The molecule has 1 saturated carbocycles. The fraction of sp³-hybridized carbons (Fsp3) is 0.364. The smallest absolute Gasteiger partial charge is 0.338 e. The van der Waals surface area contributed by atoms with E-state index in [1.54, 1.807) is 37.3 Å². The standard InChI is InChI=1S/C33H31Cl2FN4O6/c1-33(32(43)37-21-6-3-5-20(34)16-21)28(22-7-4-8-23(35)29(22)36)27-25(39(33)17-18-9-10-18)13-14-38(30(27)41)24-12-11-19(31(42)46-2)15-26(24)40(44)45/h3-8,11-12,15-16,18,25,27-28H,9-10,13-14,17H2,1-2H3,(H,37,43)/t25-,27+,28-,33+/m0/s1. The molecule has 2 saturated heterocycles. The lowest BCUT2D eigenvalue weighted by Crippen LogP contribution is -2.56. The van der Waals surface area contributed by atoms with Gasteiger partial charge in [0.15, 0.2) is 0 Å². The first-order valence-corrected chi connectivity index (χ1v) is 15.7. The Kier molecular flexibility index (Phi) is 8.51. The third kappa shape index (κ3) is 5.50. The van der Waals surface area contributed by atoms with Gasteiger partial charge >= 0.3 is 5.97 Å². The number of fused-ring (bicyclic) bond motifs is 1. The first kappa shape index (κ1) is 31.9.